The average molecular weight is 409 g/mol. The van der Waals surface area contributed by atoms with Crippen molar-refractivity contribution >= 4 is 5.91 Å². The first-order chi connectivity index (χ1) is 14.5. The SMILES string of the molecule is CC(C)[C@H]1CC[C@@H](N2CCC3(CC2)C(=O)N(CCN)Cc2cc(C#N)ccc23)CC1. The van der Waals surface area contributed by atoms with Gasteiger partial charge >= 0.3 is 0 Å². The molecule has 0 bridgehead atoms. The number of rotatable bonds is 4. The Morgan fingerprint density at radius 1 is 1.20 bits per heavy atom. The minimum absolute atomic E-state index is 0.244. The molecule has 5 heteroatoms. The van der Waals surface area contributed by atoms with Crippen molar-refractivity contribution in [1.29, 1.82) is 5.26 Å². The van der Waals surface area contributed by atoms with E-state index in [2.05, 4.69) is 30.9 Å². The summed E-state index contributed by atoms with van der Waals surface area (Å²) >= 11 is 0. The molecule has 2 fully saturated rings. The molecule has 0 aromatic heterocycles. The summed E-state index contributed by atoms with van der Waals surface area (Å²) in [5.41, 5.74) is 8.33. The summed E-state index contributed by atoms with van der Waals surface area (Å²) in [6, 6.07) is 8.84. The summed E-state index contributed by atoms with van der Waals surface area (Å²) in [6.07, 6.45) is 7.02. The largest absolute Gasteiger partial charge is 0.336 e. The number of nitrogens with zero attached hydrogens (tertiary/aromatic N) is 3. The molecule has 1 saturated carbocycles. The van der Waals surface area contributed by atoms with Crippen molar-refractivity contribution in [2.45, 2.75) is 70.4 Å². The summed E-state index contributed by atoms with van der Waals surface area (Å²) in [5.74, 6) is 1.91. The number of hydrogen-bond donors (Lipinski definition) is 1. The molecular weight excluding hydrogens is 372 g/mol. The number of carbonyl (C=O) groups is 1. The van der Waals surface area contributed by atoms with Crippen LogP contribution in [0.4, 0.5) is 0 Å². The van der Waals surface area contributed by atoms with Gasteiger partial charge in [-0.25, -0.2) is 0 Å². The van der Waals surface area contributed by atoms with Crippen molar-refractivity contribution in [2.24, 2.45) is 17.6 Å². The van der Waals surface area contributed by atoms with E-state index in [1.165, 1.54) is 25.7 Å². The molecule has 2 heterocycles. The molecule has 2 N–H and O–H groups in total. The maximum absolute atomic E-state index is 13.6. The van der Waals surface area contributed by atoms with Gasteiger partial charge in [-0.05, 0) is 86.7 Å². The second-order valence-electron chi connectivity index (χ2n) is 9.93. The van der Waals surface area contributed by atoms with Crippen molar-refractivity contribution in [2.75, 3.05) is 26.2 Å². The van der Waals surface area contributed by atoms with E-state index in [4.69, 9.17) is 5.73 Å². The van der Waals surface area contributed by atoms with Gasteiger partial charge in [0.15, 0.2) is 0 Å². The molecule has 162 valence electrons. The van der Waals surface area contributed by atoms with Crippen molar-refractivity contribution in [1.82, 2.24) is 9.80 Å². The Kier molecular flexibility index (Phi) is 6.18. The Labute approximate surface area is 181 Å². The third-order valence-electron chi connectivity index (χ3n) is 8.06. The fourth-order valence-corrected chi connectivity index (χ4v) is 6.18. The first kappa shape index (κ1) is 21.3. The quantitative estimate of drug-likeness (QED) is 0.829. The highest BCUT2D eigenvalue weighted by molar-refractivity contribution is 5.90. The zero-order chi connectivity index (χ0) is 21.3. The summed E-state index contributed by atoms with van der Waals surface area (Å²) in [7, 11) is 0. The van der Waals surface area contributed by atoms with Crippen molar-refractivity contribution in [3.8, 4) is 6.07 Å². The Bertz CT molecular complexity index is 811. The van der Waals surface area contributed by atoms with Crippen molar-refractivity contribution in [3.05, 3.63) is 34.9 Å². The molecule has 0 unspecified atom stereocenters. The van der Waals surface area contributed by atoms with Crippen molar-refractivity contribution < 1.29 is 4.79 Å². The fraction of sp³-hybridized carbons (Fsp3) is 0.680. The van der Waals surface area contributed by atoms with E-state index in [9.17, 15) is 10.1 Å². The third kappa shape index (κ3) is 3.76. The summed E-state index contributed by atoms with van der Waals surface area (Å²) in [6.45, 7) is 8.31. The van der Waals surface area contributed by atoms with Crippen LogP contribution in [-0.4, -0.2) is 47.9 Å². The average Bonchev–Trinajstić information content (AvgIpc) is 2.77. The summed E-state index contributed by atoms with van der Waals surface area (Å²) in [5, 5.41) is 9.34. The van der Waals surface area contributed by atoms with Gasteiger partial charge in [0.05, 0.1) is 17.0 Å². The zero-order valence-corrected chi connectivity index (χ0v) is 18.6. The Morgan fingerprint density at radius 3 is 2.50 bits per heavy atom. The van der Waals surface area contributed by atoms with E-state index in [-0.39, 0.29) is 5.91 Å². The van der Waals surface area contributed by atoms with E-state index >= 15 is 0 Å². The van der Waals surface area contributed by atoms with Crippen LogP contribution < -0.4 is 5.73 Å². The number of benzene rings is 1. The minimum atomic E-state index is -0.442. The van der Waals surface area contributed by atoms with Crippen LogP contribution >= 0.6 is 0 Å². The third-order valence-corrected chi connectivity index (χ3v) is 8.06. The predicted molar refractivity (Wildman–Crippen MR) is 119 cm³/mol. The number of nitrogens with two attached hydrogens (primary N) is 1. The highest BCUT2D eigenvalue weighted by Crippen LogP contribution is 2.44. The van der Waals surface area contributed by atoms with Crippen LogP contribution in [-0.2, 0) is 16.8 Å². The number of amides is 1. The molecule has 0 radical (unpaired) electrons. The van der Waals surface area contributed by atoms with Crippen LogP contribution in [0.25, 0.3) is 0 Å². The van der Waals surface area contributed by atoms with Gasteiger partial charge in [-0.15, -0.1) is 0 Å². The minimum Gasteiger partial charge on any atom is -0.336 e. The molecule has 1 spiro atoms. The van der Waals surface area contributed by atoms with E-state index in [0.29, 0.717) is 31.2 Å². The lowest BCUT2D eigenvalue weighted by atomic mass is 9.67. The lowest BCUT2D eigenvalue weighted by Gasteiger charge is -2.49. The maximum Gasteiger partial charge on any atom is 0.233 e. The van der Waals surface area contributed by atoms with Gasteiger partial charge in [0.25, 0.3) is 0 Å². The molecule has 1 saturated heterocycles. The molecule has 1 amide bonds. The van der Waals surface area contributed by atoms with E-state index in [1.54, 1.807) is 0 Å². The van der Waals surface area contributed by atoms with Gasteiger partial charge in [0.1, 0.15) is 0 Å². The number of carbonyl (C=O) groups excluding carboxylic acids is 1. The lowest BCUT2D eigenvalue weighted by Crippen LogP contribution is -2.57. The normalized spacial score (nSPS) is 26.6. The number of hydrogen-bond acceptors (Lipinski definition) is 4. The summed E-state index contributed by atoms with van der Waals surface area (Å²) in [4.78, 5) is 18.2. The predicted octanol–water partition coefficient (Wildman–Crippen LogP) is 3.41. The van der Waals surface area contributed by atoms with Crippen LogP contribution in [0.15, 0.2) is 18.2 Å². The molecule has 1 aliphatic carbocycles. The molecule has 4 rings (SSSR count). The highest BCUT2D eigenvalue weighted by Gasteiger charge is 2.49. The van der Waals surface area contributed by atoms with Crippen LogP contribution in [0, 0.1) is 23.2 Å². The number of nitriles is 1. The molecular formula is C25H36N4O. The van der Waals surface area contributed by atoms with E-state index < -0.39 is 5.41 Å². The van der Waals surface area contributed by atoms with Gasteiger partial charge in [-0.2, -0.15) is 5.26 Å². The number of fused-ring (bicyclic) bond motifs is 2. The fourth-order valence-electron chi connectivity index (χ4n) is 6.18. The van der Waals surface area contributed by atoms with Crippen LogP contribution in [0.2, 0.25) is 0 Å². The summed E-state index contributed by atoms with van der Waals surface area (Å²) < 4.78 is 0. The maximum atomic E-state index is 13.6. The van der Waals surface area contributed by atoms with Crippen LogP contribution in [0.3, 0.4) is 0 Å². The smallest absolute Gasteiger partial charge is 0.233 e. The van der Waals surface area contributed by atoms with Crippen LogP contribution in [0.5, 0.6) is 0 Å². The van der Waals surface area contributed by atoms with Gasteiger partial charge < -0.3 is 15.5 Å². The van der Waals surface area contributed by atoms with Gasteiger partial charge in [-0.1, -0.05) is 19.9 Å². The van der Waals surface area contributed by atoms with E-state index in [0.717, 1.165) is 48.9 Å². The second kappa shape index (κ2) is 8.69. The molecule has 5 nitrogen and oxygen atoms in total. The van der Waals surface area contributed by atoms with Crippen molar-refractivity contribution in [3.63, 3.8) is 0 Å². The van der Waals surface area contributed by atoms with Gasteiger partial charge in [0.2, 0.25) is 5.91 Å². The molecule has 1 aromatic rings. The molecule has 0 atom stereocenters. The number of piperidine rings is 1. The monoisotopic (exact) mass is 408 g/mol. The Hall–Kier alpha value is -1.90. The second-order valence-corrected chi connectivity index (χ2v) is 9.93. The Morgan fingerprint density at radius 2 is 1.90 bits per heavy atom. The van der Waals surface area contributed by atoms with Crippen LogP contribution in [0.1, 0.15) is 69.1 Å². The number of likely N-dealkylation sites (tertiary alicyclic amines) is 1. The highest BCUT2D eigenvalue weighted by atomic mass is 16.2. The molecule has 1 aromatic carbocycles. The first-order valence-corrected chi connectivity index (χ1v) is 11.8. The lowest BCUT2D eigenvalue weighted by molar-refractivity contribution is -0.142. The molecule has 3 aliphatic rings. The topological polar surface area (TPSA) is 73.4 Å². The van der Waals surface area contributed by atoms with Gasteiger partial charge in [0, 0.05) is 25.7 Å². The molecule has 30 heavy (non-hydrogen) atoms. The van der Waals surface area contributed by atoms with Gasteiger partial charge in [-0.3, -0.25) is 4.79 Å². The molecule has 2 aliphatic heterocycles. The zero-order valence-electron chi connectivity index (χ0n) is 18.6. The Balaban J connectivity index is 1.53. The first-order valence-electron chi connectivity index (χ1n) is 11.8. The van der Waals surface area contributed by atoms with E-state index in [1.807, 2.05) is 17.0 Å². The standard InChI is InChI=1S/C25H36N4O/c1-18(2)20-4-6-22(7-5-20)28-12-9-25(10-13-28)23-8-3-19(16-27)15-21(23)17-29(14-11-26)24(25)30/h3,8,15,18,20,22H,4-7,9-14,17,26H2,1-2H3/t20-,22+.